The third kappa shape index (κ3) is 5.66. The zero-order valence-corrected chi connectivity index (χ0v) is 14.5. The minimum Gasteiger partial charge on any atom is -0.484 e. The van der Waals surface area contributed by atoms with E-state index in [2.05, 4.69) is 5.32 Å². The van der Waals surface area contributed by atoms with Gasteiger partial charge in [-0.1, -0.05) is 35.3 Å². The predicted octanol–water partition coefficient (Wildman–Crippen LogP) is 3.75. The first-order chi connectivity index (χ1) is 10.9. The number of rotatable bonds is 6. The quantitative estimate of drug-likeness (QED) is 0.860. The van der Waals surface area contributed by atoms with Crippen LogP contribution in [0.15, 0.2) is 42.5 Å². The molecule has 0 radical (unpaired) electrons. The van der Waals surface area contributed by atoms with Gasteiger partial charge >= 0.3 is 0 Å². The van der Waals surface area contributed by atoms with Gasteiger partial charge in [0.2, 0.25) is 0 Å². The molecule has 0 atom stereocenters. The average molecular weight is 353 g/mol. The first-order valence-corrected chi connectivity index (χ1v) is 7.81. The van der Waals surface area contributed by atoms with Gasteiger partial charge in [0.05, 0.1) is 0 Å². The zero-order chi connectivity index (χ0) is 16.8. The van der Waals surface area contributed by atoms with Gasteiger partial charge in [0.25, 0.3) is 5.91 Å². The smallest absolute Gasteiger partial charge is 0.258 e. The molecule has 0 aliphatic heterocycles. The van der Waals surface area contributed by atoms with Crippen molar-refractivity contribution in [3.05, 3.63) is 58.1 Å². The molecule has 0 saturated heterocycles. The number of carbonyl (C=O) groups is 1. The third-order valence-electron chi connectivity index (χ3n) is 3.15. The van der Waals surface area contributed by atoms with Crippen LogP contribution in [0.2, 0.25) is 10.0 Å². The monoisotopic (exact) mass is 352 g/mol. The van der Waals surface area contributed by atoms with E-state index in [1.807, 2.05) is 43.3 Å². The number of nitrogens with zero attached hydrogens (tertiary/aromatic N) is 1. The number of nitrogens with one attached hydrogen (secondary N) is 1. The molecule has 0 saturated carbocycles. The van der Waals surface area contributed by atoms with Crippen LogP contribution in [0.1, 0.15) is 5.56 Å². The van der Waals surface area contributed by atoms with E-state index in [0.29, 0.717) is 22.3 Å². The van der Waals surface area contributed by atoms with Gasteiger partial charge in [-0.2, -0.15) is 0 Å². The number of benzene rings is 2. The van der Waals surface area contributed by atoms with Gasteiger partial charge in [0.15, 0.2) is 6.61 Å². The SMILES string of the molecule is CN(C)c1ccc(CNC(=O)COc2cc(Cl)cc(Cl)c2)cc1. The molecule has 0 spiro atoms. The highest BCUT2D eigenvalue weighted by molar-refractivity contribution is 6.34. The van der Waals surface area contributed by atoms with Crippen LogP contribution in [0.25, 0.3) is 0 Å². The predicted molar refractivity (Wildman–Crippen MR) is 94.6 cm³/mol. The number of hydrogen-bond donors (Lipinski definition) is 1. The Balaban J connectivity index is 1.80. The lowest BCUT2D eigenvalue weighted by molar-refractivity contribution is -0.123. The van der Waals surface area contributed by atoms with Crippen LogP contribution in [0.5, 0.6) is 5.75 Å². The molecule has 122 valence electrons. The van der Waals surface area contributed by atoms with Gasteiger partial charge in [-0.05, 0) is 35.9 Å². The highest BCUT2D eigenvalue weighted by Crippen LogP contribution is 2.24. The van der Waals surface area contributed by atoms with Crippen molar-refractivity contribution in [3.63, 3.8) is 0 Å². The summed E-state index contributed by atoms with van der Waals surface area (Å²) in [4.78, 5) is 13.8. The van der Waals surface area contributed by atoms with Crippen molar-refractivity contribution in [1.29, 1.82) is 0 Å². The first kappa shape index (κ1) is 17.4. The maximum absolute atomic E-state index is 11.8. The van der Waals surface area contributed by atoms with E-state index in [1.165, 1.54) is 0 Å². The molecule has 1 amide bonds. The van der Waals surface area contributed by atoms with Crippen LogP contribution in [0.3, 0.4) is 0 Å². The summed E-state index contributed by atoms with van der Waals surface area (Å²) in [6.07, 6.45) is 0. The van der Waals surface area contributed by atoms with Crippen LogP contribution < -0.4 is 15.0 Å². The molecule has 23 heavy (non-hydrogen) atoms. The molecular formula is C17H18Cl2N2O2. The third-order valence-corrected chi connectivity index (χ3v) is 3.58. The summed E-state index contributed by atoms with van der Waals surface area (Å²) < 4.78 is 5.38. The average Bonchev–Trinajstić information content (AvgIpc) is 2.50. The normalized spacial score (nSPS) is 10.3. The minimum atomic E-state index is -0.210. The molecule has 0 aliphatic carbocycles. The van der Waals surface area contributed by atoms with Crippen molar-refractivity contribution in [1.82, 2.24) is 5.32 Å². The van der Waals surface area contributed by atoms with Crippen LogP contribution in [-0.2, 0) is 11.3 Å². The van der Waals surface area contributed by atoms with Crippen LogP contribution >= 0.6 is 23.2 Å². The number of anilines is 1. The fourth-order valence-corrected chi connectivity index (χ4v) is 2.43. The van der Waals surface area contributed by atoms with Crippen molar-refractivity contribution < 1.29 is 9.53 Å². The Hall–Kier alpha value is -1.91. The van der Waals surface area contributed by atoms with Crippen LogP contribution in [-0.4, -0.2) is 26.6 Å². The molecule has 0 aliphatic rings. The van der Waals surface area contributed by atoms with Gasteiger partial charge in [-0.25, -0.2) is 0 Å². The van der Waals surface area contributed by atoms with Crippen molar-refractivity contribution >= 4 is 34.8 Å². The Labute approximate surface area is 146 Å². The standard InChI is InChI=1S/C17H18Cl2N2O2/c1-21(2)15-5-3-12(4-6-15)10-20-17(22)11-23-16-8-13(18)7-14(19)9-16/h3-9H,10-11H2,1-2H3,(H,20,22). The van der Waals surface area contributed by atoms with Crippen molar-refractivity contribution in [3.8, 4) is 5.75 Å². The zero-order valence-electron chi connectivity index (χ0n) is 13.0. The topological polar surface area (TPSA) is 41.6 Å². The number of carbonyl (C=O) groups excluding carboxylic acids is 1. The van der Waals surface area contributed by atoms with E-state index >= 15 is 0 Å². The first-order valence-electron chi connectivity index (χ1n) is 7.06. The van der Waals surface area contributed by atoms with Gasteiger partial charge in [-0.3, -0.25) is 4.79 Å². The summed E-state index contributed by atoms with van der Waals surface area (Å²) in [6, 6.07) is 12.8. The fourth-order valence-electron chi connectivity index (χ4n) is 1.92. The van der Waals surface area contributed by atoms with E-state index < -0.39 is 0 Å². The van der Waals surface area contributed by atoms with Gasteiger partial charge < -0.3 is 15.0 Å². The second kappa shape index (κ2) is 8.09. The van der Waals surface area contributed by atoms with Crippen molar-refractivity contribution in [2.75, 3.05) is 25.6 Å². The largest absolute Gasteiger partial charge is 0.484 e. The summed E-state index contributed by atoms with van der Waals surface area (Å²) in [7, 11) is 3.96. The summed E-state index contributed by atoms with van der Waals surface area (Å²) >= 11 is 11.7. The molecule has 2 aromatic carbocycles. The Morgan fingerprint density at radius 3 is 2.26 bits per heavy atom. The van der Waals surface area contributed by atoms with Crippen LogP contribution in [0.4, 0.5) is 5.69 Å². The molecule has 0 unspecified atom stereocenters. The van der Waals surface area contributed by atoms with E-state index in [0.717, 1.165) is 11.3 Å². The lowest BCUT2D eigenvalue weighted by Crippen LogP contribution is -2.28. The van der Waals surface area contributed by atoms with E-state index in [-0.39, 0.29) is 12.5 Å². The maximum Gasteiger partial charge on any atom is 0.258 e. The Morgan fingerprint density at radius 2 is 1.70 bits per heavy atom. The van der Waals surface area contributed by atoms with E-state index in [4.69, 9.17) is 27.9 Å². The molecule has 0 heterocycles. The fraction of sp³-hybridized carbons (Fsp3) is 0.235. The highest BCUT2D eigenvalue weighted by atomic mass is 35.5. The highest BCUT2D eigenvalue weighted by Gasteiger charge is 2.05. The maximum atomic E-state index is 11.8. The van der Waals surface area contributed by atoms with Crippen molar-refractivity contribution in [2.24, 2.45) is 0 Å². The molecule has 2 aromatic rings. The molecule has 2 rings (SSSR count). The molecule has 0 aromatic heterocycles. The molecule has 6 heteroatoms. The van der Waals surface area contributed by atoms with Gasteiger partial charge in [-0.15, -0.1) is 0 Å². The minimum absolute atomic E-state index is 0.0908. The number of ether oxygens (including phenoxy) is 1. The van der Waals surface area contributed by atoms with E-state index in [9.17, 15) is 4.79 Å². The lowest BCUT2D eigenvalue weighted by Gasteiger charge is -2.13. The molecule has 1 N–H and O–H groups in total. The summed E-state index contributed by atoms with van der Waals surface area (Å²) in [5, 5.41) is 3.74. The van der Waals surface area contributed by atoms with Crippen molar-refractivity contribution in [2.45, 2.75) is 6.54 Å². The van der Waals surface area contributed by atoms with Gasteiger partial charge in [0, 0.05) is 36.4 Å². The Morgan fingerprint density at radius 1 is 1.09 bits per heavy atom. The van der Waals surface area contributed by atoms with E-state index in [1.54, 1.807) is 18.2 Å². The molecule has 0 bridgehead atoms. The Bertz CT molecular complexity index is 653. The molecular weight excluding hydrogens is 335 g/mol. The number of amides is 1. The molecule has 0 fully saturated rings. The molecule has 4 nitrogen and oxygen atoms in total. The second-order valence-electron chi connectivity index (χ2n) is 5.23. The summed E-state index contributed by atoms with van der Waals surface area (Å²) in [6.45, 7) is 0.360. The Kier molecular flexibility index (Phi) is 6.13. The summed E-state index contributed by atoms with van der Waals surface area (Å²) in [5.74, 6) is 0.255. The van der Waals surface area contributed by atoms with Gasteiger partial charge in [0.1, 0.15) is 5.75 Å². The van der Waals surface area contributed by atoms with Crippen LogP contribution in [0, 0.1) is 0 Å². The number of hydrogen-bond acceptors (Lipinski definition) is 3. The lowest BCUT2D eigenvalue weighted by atomic mass is 10.2. The number of halogens is 2. The summed E-state index contributed by atoms with van der Waals surface area (Å²) in [5.41, 5.74) is 2.14. The second-order valence-corrected chi connectivity index (χ2v) is 6.10.